The van der Waals surface area contributed by atoms with Gasteiger partial charge in [-0.2, -0.15) is 0 Å². The fourth-order valence-corrected chi connectivity index (χ4v) is 3.98. The summed E-state index contributed by atoms with van der Waals surface area (Å²) in [4.78, 5) is 38.1. The van der Waals surface area contributed by atoms with Crippen LogP contribution in [0.15, 0.2) is 48.5 Å². The first-order chi connectivity index (χ1) is 15.3. The number of likely N-dealkylation sites (tertiary alicyclic amines) is 1. The number of nitrogens with zero attached hydrogens (tertiary/aromatic N) is 1. The highest BCUT2D eigenvalue weighted by atomic mass is 19.1. The summed E-state index contributed by atoms with van der Waals surface area (Å²) >= 11 is 0. The Labute approximate surface area is 187 Å². The van der Waals surface area contributed by atoms with Crippen molar-refractivity contribution >= 4 is 17.7 Å². The number of rotatable bonds is 9. The minimum Gasteiger partial charge on any atom is -0.369 e. The van der Waals surface area contributed by atoms with E-state index in [4.69, 9.17) is 11.5 Å². The molecular formula is C24H29FN4O3. The third-order valence-corrected chi connectivity index (χ3v) is 5.62. The van der Waals surface area contributed by atoms with Crippen molar-refractivity contribution in [2.75, 3.05) is 6.54 Å². The lowest BCUT2D eigenvalue weighted by molar-refractivity contribution is -0.138. The molecule has 2 aromatic rings. The van der Waals surface area contributed by atoms with E-state index in [1.165, 1.54) is 6.07 Å². The zero-order chi connectivity index (χ0) is 23.1. The molecule has 0 aromatic heterocycles. The minimum absolute atomic E-state index is 0.0550. The maximum atomic E-state index is 13.8. The second kappa shape index (κ2) is 10.9. The molecule has 0 unspecified atom stereocenters. The van der Waals surface area contributed by atoms with Crippen molar-refractivity contribution in [1.29, 1.82) is 0 Å². The zero-order valence-corrected chi connectivity index (χ0v) is 17.9. The van der Waals surface area contributed by atoms with Crippen molar-refractivity contribution in [2.24, 2.45) is 11.5 Å². The molecule has 1 saturated heterocycles. The Morgan fingerprint density at radius 2 is 1.78 bits per heavy atom. The molecule has 0 bridgehead atoms. The molecule has 1 heterocycles. The number of primary amides is 1. The molecule has 2 aromatic carbocycles. The summed E-state index contributed by atoms with van der Waals surface area (Å²) in [5.74, 6) is -1.14. The van der Waals surface area contributed by atoms with Crippen LogP contribution in [0.5, 0.6) is 0 Å². The van der Waals surface area contributed by atoms with Gasteiger partial charge in [0.2, 0.25) is 17.7 Å². The standard InChI is InChI=1S/C24H29FN4O3/c25-20-5-2-1-4-18(20)13-19(26)14-23(31)29-11-3-6-21(29)24(32)28-15-17-9-7-16(8-10-17)12-22(27)30/h1-2,4-5,7-10,19,21H,3,6,11-15,26H2,(H2,27,30)(H,28,32)/t19-,21+/m1/s1. The number of nitrogens with two attached hydrogens (primary N) is 2. The summed E-state index contributed by atoms with van der Waals surface area (Å²) in [6.45, 7) is 0.826. The highest BCUT2D eigenvalue weighted by Gasteiger charge is 2.34. The number of halogens is 1. The Hall–Kier alpha value is -3.26. The normalized spacial score (nSPS) is 16.6. The quantitative estimate of drug-likeness (QED) is 0.546. The third-order valence-electron chi connectivity index (χ3n) is 5.62. The number of hydrogen-bond donors (Lipinski definition) is 3. The Kier molecular flexibility index (Phi) is 7.94. The van der Waals surface area contributed by atoms with Crippen molar-refractivity contribution in [3.63, 3.8) is 0 Å². The lowest BCUT2D eigenvalue weighted by Crippen LogP contribution is -2.47. The van der Waals surface area contributed by atoms with Crippen LogP contribution in [0, 0.1) is 5.82 Å². The summed E-state index contributed by atoms with van der Waals surface area (Å²) in [5.41, 5.74) is 13.5. The fourth-order valence-electron chi connectivity index (χ4n) is 3.98. The van der Waals surface area contributed by atoms with E-state index in [-0.39, 0.29) is 36.9 Å². The SMILES string of the molecule is NC(=O)Cc1ccc(CNC(=O)[C@@H]2CCCN2C(=O)C[C@H](N)Cc2ccccc2F)cc1. The molecule has 3 rings (SSSR count). The van der Waals surface area contributed by atoms with Crippen molar-refractivity contribution in [3.05, 3.63) is 71.0 Å². The van der Waals surface area contributed by atoms with Gasteiger partial charge in [-0.3, -0.25) is 14.4 Å². The molecule has 5 N–H and O–H groups in total. The second-order valence-electron chi connectivity index (χ2n) is 8.18. The Morgan fingerprint density at radius 3 is 2.47 bits per heavy atom. The van der Waals surface area contributed by atoms with Crippen LogP contribution in [0.3, 0.4) is 0 Å². The van der Waals surface area contributed by atoms with Gasteiger partial charge in [-0.15, -0.1) is 0 Å². The van der Waals surface area contributed by atoms with Gasteiger partial charge in [0.1, 0.15) is 11.9 Å². The molecule has 8 heteroatoms. The lowest BCUT2D eigenvalue weighted by atomic mass is 10.0. The van der Waals surface area contributed by atoms with Gasteiger partial charge in [-0.05, 0) is 42.0 Å². The van der Waals surface area contributed by atoms with Crippen LogP contribution in [-0.2, 0) is 33.8 Å². The molecule has 1 aliphatic rings. The van der Waals surface area contributed by atoms with Gasteiger partial charge in [0.25, 0.3) is 0 Å². The zero-order valence-electron chi connectivity index (χ0n) is 17.9. The first-order valence-corrected chi connectivity index (χ1v) is 10.8. The molecule has 0 radical (unpaired) electrons. The molecule has 0 aliphatic carbocycles. The molecule has 32 heavy (non-hydrogen) atoms. The number of benzene rings is 2. The van der Waals surface area contributed by atoms with Gasteiger partial charge in [-0.25, -0.2) is 4.39 Å². The summed E-state index contributed by atoms with van der Waals surface area (Å²) in [6, 6.07) is 12.6. The van der Waals surface area contributed by atoms with Crippen LogP contribution in [0.25, 0.3) is 0 Å². The number of amides is 3. The van der Waals surface area contributed by atoms with Gasteiger partial charge < -0.3 is 21.7 Å². The fraction of sp³-hybridized carbons (Fsp3) is 0.375. The third kappa shape index (κ3) is 6.37. The van der Waals surface area contributed by atoms with E-state index in [1.54, 1.807) is 35.2 Å². The topological polar surface area (TPSA) is 119 Å². The van der Waals surface area contributed by atoms with Crippen LogP contribution in [0.2, 0.25) is 0 Å². The predicted octanol–water partition coefficient (Wildman–Crippen LogP) is 1.42. The van der Waals surface area contributed by atoms with E-state index in [2.05, 4.69) is 5.32 Å². The average Bonchev–Trinajstić information content (AvgIpc) is 3.24. The van der Waals surface area contributed by atoms with E-state index < -0.39 is 18.0 Å². The van der Waals surface area contributed by atoms with E-state index in [9.17, 15) is 18.8 Å². The maximum Gasteiger partial charge on any atom is 0.243 e. The van der Waals surface area contributed by atoms with Crippen LogP contribution < -0.4 is 16.8 Å². The molecule has 0 saturated carbocycles. The molecule has 0 spiro atoms. The predicted molar refractivity (Wildman–Crippen MR) is 119 cm³/mol. The number of carbonyl (C=O) groups is 3. The maximum absolute atomic E-state index is 13.8. The molecule has 7 nitrogen and oxygen atoms in total. The monoisotopic (exact) mass is 440 g/mol. The van der Waals surface area contributed by atoms with Crippen LogP contribution in [-0.4, -0.2) is 41.2 Å². The summed E-state index contributed by atoms with van der Waals surface area (Å²) in [5, 5.41) is 2.88. The van der Waals surface area contributed by atoms with Crippen LogP contribution in [0.1, 0.15) is 36.0 Å². The van der Waals surface area contributed by atoms with Crippen LogP contribution in [0.4, 0.5) is 4.39 Å². The van der Waals surface area contributed by atoms with Crippen molar-refractivity contribution in [3.8, 4) is 0 Å². The van der Waals surface area contributed by atoms with Gasteiger partial charge in [0.05, 0.1) is 6.42 Å². The molecule has 170 valence electrons. The first kappa shape index (κ1) is 23.4. The lowest BCUT2D eigenvalue weighted by Gasteiger charge is -2.25. The van der Waals surface area contributed by atoms with Gasteiger partial charge in [0, 0.05) is 25.6 Å². The number of nitrogens with one attached hydrogen (secondary N) is 1. The molecule has 2 atom stereocenters. The van der Waals surface area contributed by atoms with Crippen molar-refractivity contribution < 1.29 is 18.8 Å². The average molecular weight is 441 g/mol. The van der Waals surface area contributed by atoms with Gasteiger partial charge in [-0.1, -0.05) is 42.5 Å². The van der Waals surface area contributed by atoms with Crippen molar-refractivity contribution in [1.82, 2.24) is 10.2 Å². The molecule has 1 fully saturated rings. The minimum atomic E-state index is -0.530. The number of carbonyl (C=O) groups excluding carboxylic acids is 3. The largest absolute Gasteiger partial charge is 0.369 e. The van der Waals surface area contributed by atoms with Gasteiger partial charge >= 0.3 is 0 Å². The first-order valence-electron chi connectivity index (χ1n) is 10.8. The molecule has 3 amide bonds. The summed E-state index contributed by atoms with van der Waals surface area (Å²) < 4.78 is 13.8. The Morgan fingerprint density at radius 1 is 1.09 bits per heavy atom. The smallest absolute Gasteiger partial charge is 0.243 e. The summed E-state index contributed by atoms with van der Waals surface area (Å²) in [7, 11) is 0. The Bertz CT molecular complexity index is 964. The van der Waals surface area contributed by atoms with E-state index >= 15 is 0 Å². The molecule has 1 aliphatic heterocycles. The highest BCUT2D eigenvalue weighted by Crippen LogP contribution is 2.20. The highest BCUT2D eigenvalue weighted by molar-refractivity contribution is 5.88. The van der Waals surface area contributed by atoms with Crippen LogP contribution >= 0.6 is 0 Å². The Balaban J connectivity index is 1.51. The van der Waals surface area contributed by atoms with E-state index in [0.29, 0.717) is 25.1 Å². The summed E-state index contributed by atoms with van der Waals surface area (Å²) in [6.07, 6.45) is 1.82. The van der Waals surface area contributed by atoms with Gasteiger partial charge in [0.15, 0.2) is 0 Å². The van der Waals surface area contributed by atoms with E-state index in [0.717, 1.165) is 17.5 Å². The van der Waals surface area contributed by atoms with Crippen molar-refractivity contribution in [2.45, 2.75) is 50.7 Å². The second-order valence-corrected chi connectivity index (χ2v) is 8.18. The molecular weight excluding hydrogens is 411 g/mol. The number of hydrogen-bond acceptors (Lipinski definition) is 4. The van der Waals surface area contributed by atoms with E-state index in [1.807, 2.05) is 12.1 Å².